The van der Waals surface area contributed by atoms with Gasteiger partial charge in [-0.2, -0.15) is 0 Å². The van der Waals surface area contributed by atoms with Crippen molar-refractivity contribution in [3.63, 3.8) is 0 Å². The molecule has 4 amide bonds. The molecule has 0 radical (unpaired) electrons. The maximum absolute atomic E-state index is 12.8. The summed E-state index contributed by atoms with van der Waals surface area (Å²) in [7, 11) is 0. The second kappa shape index (κ2) is 10.5. The first-order chi connectivity index (χ1) is 16.5. The number of hydrogen-bond donors (Lipinski definition) is 1. The molecular weight excluding hydrogens is 436 g/mol. The van der Waals surface area contributed by atoms with E-state index in [0.29, 0.717) is 36.7 Å². The largest absolute Gasteiger partial charge is 0.493 e. The molecule has 34 heavy (non-hydrogen) atoms. The van der Waals surface area contributed by atoms with Gasteiger partial charge < -0.3 is 13.9 Å². The molecule has 8 heteroatoms. The van der Waals surface area contributed by atoms with Crippen LogP contribution in [0.5, 0.6) is 11.5 Å². The lowest BCUT2D eigenvalue weighted by molar-refractivity contribution is -0.130. The lowest BCUT2D eigenvalue weighted by atomic mass is 10.1. The molecule has 3 aromatic rings. The minimum absolute atomic E-state index is 0.0668. The molecule has 2 heterocycles. The highest BCUT2D eigenvalue weighted by Crippen LogP contribution is 2.19. The average molecular weight is 460 g/mol. The van der Waals surface area contributed by atoms with Gasteiger partial charge in [-0.1, -0.05) is 24.3 Å². The van der Waals surface area contributed by atoms with Gasteiger partial charge in [0, 0.05) is 6.42 Å². The summed E-state index contributed by atoms with van der Waals surface area (Å²) in [6, 6.07) is 17.4. The van der Waals surface area contributed by atoms with Gasteiger partial charge in [0.15, 0.2) is 0 Å². The molecule has 0 spiro atoms. The SMILES string of the molecule is Cc1cccc(OCCCOc2ccc(/C=C3/C(=O)NC(=O)N(Cc4ccco4)C3=O)cc2)c1. The van der Waals surface area contributed by atoms with Crippen LogP contribution in [-0.4, -0.2) is 36.0 Å². The van der Waals surface area contributed by atoms with Gasteiger partial charge >= 0.3 is 6.03 Å². The molecule has 1 aliphatic rings. The fourth-order valence-electron chi connectivity index (χ4n) is 3.37. The van der Waals surface area contributed by atoms with Crippen molar-refractivity contribution >= 4 is 23.9 Å². The number of carbonyl (C=O) groups excluding carboxylic acids is 3. The number of carbonyl (C=O) groups is 3. The lowest BCUT2D eigenvalue weighted by Gasteiger charge is -2.25. The third-order valence-corrected chi connectivity index (χ3v) is 5.09. The van der Waals surface area contributed by atoms with Gasteiger partial charge in [0.25, 0.3) is 11.8 Å². The zero-order valence-electron chi connectivity index (χ0n) is 18.7. The molecule has 0 bridgehead atoms. The van der Waals surface area contributed by atoms with E-state index in [1.54, 1.807) is 36.4 Å². The van der Waals surface area contributed by atoms with E-state index in [1.165, 1.54) is 12.3 Å². The predicted molar refractivity (Wildman–Crippen MR) is 124 cm³/mol. The number of aryl methyl sites for hydroxylation is 1. The zero-order valence-corrected chi connectivity index (χ0v) is 18.7. The Hall–Kier alpha value is -4.33. The standard InChI is InChI=1S/C26H24N2O6/c1-18-5-2-6-21(15-18)33-14-4-13-32-20-10-8-19(9-11-20)16-23-24(29)27-26(31)28(25(23)30)17-22-7-3-12-34-22/h2-3,5-12,15-16H,4,13-14,17H2,1H3,(H,27,29,31)/b23-16-. The van der Waals surface area contributed by atoms with Crippen LogP contribution in [0.1, 0.15) is 23.3 Å². The summed E-state index contributed by atoms with van der Waals surface area (Å²) in [4.78, 5) is 38.1. The Morgan fingerprint density at radius 2 is 1.71 bits per heavy atom. The van der Waals surface area contributed by atoms with Crippen molar-refractivity contribution < 1.29 is 28.3 Å². The minimum atomic E-state index is -0.779. The number of hydrogen-bond acceptors (Lipinski definition) is 6. The van der Waals surface area contributed by atoms with Crippen LogP contribution in [0.25, 0.3) is 6.08 Å². The Kier molecular flexibility index (Phi) is 7.07. The fourth-order valence-corrected chi connectivity index (χ4v) is 3.37. The number of barbiturate groups is 1. The normalized spacial score (nSPS) is 14.9. The number of furan rings is 1. The summed E-state index contributed by atoms with van der Waals surface area (Å²) < 4.78 is 16.6. The van der Waals surface area contributed by atoms with Gasteiger partial charge in [0.1, 0.15) is 22.8 Å². The number of amides is 4. The fraction of sp³-hybridized carbons (Fsp3) is 0.192. The van der Waals surface area contributed by atoms with Crippen LogP contribution in [0.3, 0.4) is 0 Å². The molecular formula is C26H24N2O6. The van der Waals surface area contributed by atoms with Gasteiger partial charge in [-0.25, -0.2) is 4.79 Å². The minimum Gasteiger partial charge on any atom is -0.493 e. The third-order valence-electron chi connectivity index (χ3n) is 5.09. The van der Waals surface area contributed by atoms with Crippen LogP contribution in [0, 0.1) is 6.92 Å². The van der Waals surface area contributed by atoms with Crippen molar-refractivity contribution in [3.8, 4) is 11.5 Å². The molecule has 0 atom stereocenters. The van der Waals surface area contributed by atoms with E-state index in [9.17, 15) is 14.4 Å². The van der Waals surface area contributed by atoms with Crippen molar-refractivity contribution in [2.75, 3.05) is 13.2 Å². The van der Waals surface area contributed by atoms with E-state index in [1.807, 2.05) is 31.2 Å². The summed E-state index contributed by atoms with van der Waals surface area (Å²) >= 11 is 0. The van der Waals surface area contributed by atoms with E-state index in [0.717, 1.165) is 16.2 Å². The molecule has 1 saturated heterocycles. The summed E-state index contributed by atoms with van der Waals surface area (Å²) in [6.45, 7) is 2.97. The van der Waals surface area contributed by atoms with Crippen molar-refractivity contribution in [2.45, 2.75) is 19.9 Å². The molecule has 4 rings (SSSR count). The van der Waals surface area contributed by atoms with E-state index >= 15 is 0 Å². The molecule has 2 aromatic carbocycles. The highest BCUT2D eigenvalue weighted by atomic mass is 16.5. The second-order valence-corrected chi connectivity index (χ2v) is 7.72. The summed E-state index contributed by atoms with van der Waals surface area (Å²) in [5, 5.41) is 2.19. The van der Waals surface area contributed by atoms with Crippen molar-refractivity contribution in [2.24, 2.45) is 0 Å². The molecule has 0 saturated carbocycles. The van der Waals surface area contributed by atoms with E-state index in [2.05, 4.69) is 5.32 Å². The summed E-state index contributed by atoms with van der Waals surface area (Å²) in [5.74, 6) is 0.511. The molecule has 1 fully saturated rings. The highest BCUT2D eigenvalue weighted by molar-refractivity contribution is 6.30. The molecule has 0 aliphatic carbocycles. The molecule has 1 aromatic heterocycles. The maximum Gasteiger partial charge on any atom is 0.331 e. The van der Waals surface area contributed by atoms with Crippen LogP contribution >= 0.6 is 0 Å². The summed E-state index contributed by atoms with van der Waals surface area (Å²) in [5.41, 5.74) is 1.64. The number of nitrogens with one attached hydrogen (secondary N) is 1. The second-order valence-electron chi connectivity index (χ2n) is 7.72. The van der Waals surface area contributed by atoms with Gasteiger partial charge in [-0.15, -0.1) is 0 Å². The third kappa shape index (κ3) is 5.72. The van der Waals surface area contributed by atoms with Crippen LogP contribution in [0.2, 0.25) is 0 Å². The Balaban J connectivity index is 1.31. The Morgan fingerprint density at radius 1 is 0.941 bits per heavy atom. The number of imide groups is 2. The van der Waals surface area contributed by atoms with Crippen LogP contribution < -0.4 is 14.8 Å². The molecule has 1 N–H and O–H groups in total. The average Bonchev–Trinajstić information content (AvgIpc) is 3.34. The Morgan fingerprint density at radius 3 is 2.41 bits per heavy atom. The van der Waals surface area contributed by atoms with Crippen LogP contribution in [0.4, 0.5) is 4.79 Å². The molecule has 1 aliphatic heterocycles. The smallest absolute Gasteiger partial charge is 0.331 e. The molecule has 8 nitrogen and oxygen atoms in total. The molecule has 0 unspecified atom stereocenters. The number of rotatable bonds is 9. The summed E-state index contributed by atoms with van der Waals surface area (Å²) in [6.07, 6.45) is 3.61. The highest BCUT2D eigenvalue weighted by Gasteiger charge is 2.36. The van der Waals surface area contributed by atoms with Gasteiger partial charge in [-0.05, 0) is 60.5 Å². The number of nitrogens with zero attached hydrogens (tertiary/aromatic N) is 1. The van der Waals surface area contributed by atoms with E-state index < -0.39 is 17.8 Å². The van der Waals surface area contributed by atoms with E-state index in [4.69, 9.17) is 13.9 Å². The van der Waals surface area contributed by atoms with Crippen molar-refractivity contribution in [1.29, 1.82) is 0 Å². The first-order valence-electron chi connectivity index (χ1n) is 10.8. The quantitative estimate of drug-likeness (QED) is 0.293. The van der Waals surface area contributed by atoms with Crippen molar-refractivity contribution in [3.05, 3.63) is 89.4 Å². The first kappa shape index (κ1) is 22.8. The zero-order chi connectivity index (χ0) is 23.9. The number of benzene rings is 2. The van der Waals surface area contributed by atoms with Crippen molar-refractivity contribution in [1.82, 2.24) is 10.2 Å². The predicted octanol–water partition coefficient (Wildman–Crippen LogP) is 4.10. The van der Waals surface area contributed by atoms with Crippen LogP contribution in [0.15, 0.2) is 76.9 Å². The van der Waals surface area contributed by atoms with Gasteiger partial charge in [0.05, 0.1) is 26.0 Å². The number of urea groups is 1. The maximum atomic E-state index is 12.8. The first-order valence-corrected chi connectivity index (χ1v) is 10.8. The van der Waals surface area contributed by atoms with Gasteiger partial charge in [0.2, 0.25) is 0 Å². The lowest BCUT2D eigenvalue weighted by Crippen LogP contribution is -2.53. The molecule has 174 valence electrons. The van der Waals surface area contributed by atoms with Gasteiger partial charge in [-0.3, -0.25) is 19.8 Å². The number of ether oxygens (including phenoxy) is 2. The van der Waals surface area contributed by atoms with Crippen LogP contribution in [-0.2, 0) is 16.1 Å². The Labute approximate surface area is 196 Å². The Bertz CT molecular complexity index is 1200. The topological polar surface area (TPSA) is 98.1 Å². The van der Waals surface area contributed by atoms with E-state index in [-0.39, 0.29) is 12.1 Å². The monoisotopic (exact) mass is 460 g/mol.